The van der Waals surface area contributed by atoms with E-state index >= 15 is 0 Å². The predicted octanol–water partition coefficient (Wildman–Crippen LogP) is 0.150. The molecular formula is C12H16N4OS. The number of rotatable bonds is 3. The summed E-state index contributed by atoms with van der Waals surface area (Å²) < 4.78 is 0. The minimum atomic E-state index is -0.148. The Balaban J connectivity index is 1.98. The van der Waals surface area contributed by atoms with Gasteiger partial charge >= 0.3 is 0 Å². The van der Waals surface area contributed by atoms with E-state index in [1.54, 1.807) is 12.1 Å². The van der Waals surface area contributed by atoms with Crippen molar-refractivity contribution in [1.82, 2.24) is 15.2 Å². The smallest absolute Gasteiger partial charge is 0.270 e. The zero-order chi connectivity index (χ0) is 13.1. The Morgan fingerprint density at radius 3 is 2.89 bits per heavy atom. The molecule has 96 valence electrons. The van der Waals surface area contributed by atoms with Crippen LogP contribution in [-0.4, -0.2) is 47.0 Å². The van der Waals surface area contributed by atoms with Gasteiger partial charge in [0.2, 0.25) is 0 Å². The summed E-state index contributed by atoms with van der Waals surface area (Å²) in [6, 6.07) is 3.56. The van der Waals surface area contributed by atoms with Gasteiger partial charge in [-0.2, -0.15) is 0 Å². The van der Waals surface area contributed by atoms with Crippen LogP contribution in [0.2, 0.25) is 0 Å². The Kier molecular flexibility index (Phi) is 3.88. The van der Waals surface area contributed by atoms with Crippen LogP contribution in [0, 0.1) is 0 Å². The van der Waals surface area contributed by atoms with Gasteiger partial charge in [-0.25, -0.2) is 0 Å². The molecule has 0 aliphatic carbocycles. The van der Waals surface area contributed by atoms with Crippen LogP contribution in [0.25, 0.3) is 0 Å². The maximum Gasteiger partial charge on any atom is 0.270 e. The summed E-state index contributed by atoms with van der Waals surface area (Å²) >= 11 is 4.83. The highest BCUT2D eigenvalue weighted by Crippen LogP contribution is 2.07. The van der Waals surface area contributed by atoms with Crippen molar-refractivity contribution >= 4 is 23.1 Å². The summed E-state index contributed by atoms with van der Waals surface area (Å²) in [5.74, 6) is -0.148. The van der Waals surface area contributed by atoms with E-state index in [4.69, 9.17) is 18.0 Å². The molecule has 0 spiro atoms. The first-order valence-electron chi connectivity index (χ1n) is 5.81. The predicted molar refractivity (Wildman–Crippen MR) is 73.5 cm³/mol. The first kappa shape index (κ1) is 12.9. The summed E-state index contributed by atoms with van der Waals surface area (Å²) in [4.78, 5) is 18.5. The van der Waals surface area contributed by atoms with E-state index in [1.807, 2.05) is 7.05 Å². The number of carbonyl (C=O) groups is 1. The number of likely N-dealkylation sites (N-methyl/N-ethyl adjacent to an activating group) is 1. The second kappa shape index (κ2) is 5.41. The Labute approximate surface area is 111 Å². The number of hydrogen-bond donors (Lipinski definition) is 2. The third kappa shape index (κ3) is 3.02. The van der Waals surface area contributed by atoms with Crippen molar-refractivity contribution < 1.29 is 4.79 Å². The van der Waals surface area contributed by atoms with Gasteiger partial charge in [0.25, 0.3) is 5.91 Å². The number of nitrogens with two attached hydrogens (primary N) is 1. The zero-order valence-electron chi connectivity index (χ0n) is 10.2. The first-order chi connectivity index (χ1) is 8.56. The van der Waals surface area contributed by atoms with Crippen molar-refractivity contribution in [2.45, 2.75) is 12.5 Å². The van der Waals surface area contributed by atoms with Crippen molar-refractivity contribution in [2.24, 2.45) is 5.73 Å². The van der Waals surface area contributed by atoms with E-state index < -0.39 is 0 Å². The fourth-order valence-corrected chi connectivity index (χ4v) is 2.11. The van der Waals surface area contributed by atoms with Gasteiger partial charge < -0.3 is 16.0 Å². The Bertz CT molecular complexity index is 460. The molecule has 5 nitrogen and oxygen atoms in total. The molecule has 18 heavy (non-hydrogen) atoms. The van der Waals surface area contributed by atoms with E-state index in [0.29, 0.717) is 11.3 Å². The van der Waals surface area contributed by atoms with E-state index in [-0.39, 0.29) is 16.9 Å². The van der Waals surface area contributed by atoms with E-state index in [1.165, 1.54) is 6.20 Å². The van der Waals surface area contributed by atoms with Crippen LogP contribution in [0.5, 0.6) is 0 Å². The molecule has 2 heterocycles. The molecule has 3 N–H and O–H groups in total. The molecule has 1 aromatic heterocycles. The molecule has 1 fully saturated rings. The molecule has 1 unspecified atom stereocenters. The Morgan fingerprint density at radius 2 is 2.39 bits per heavy atom. The molecule has 0 radical (unpaired) electrons. The zero-order valence-corrected chi connectivity index (χ0v) is 11.0. The van der Waals surface area contributed by atoms with Crippen molar-refractivity contribution in [3.63, 3.8) is 0 Å². The van der Waals surface area contributed by atoms with Crippen LogP contribution >= 0.6 is 12.2 Å². The SMILES string of the molecule is CN1CCC(NC(=O)c2ccc(C(N)=S)cn2)C1. The van der Waals surface area contributed by atoms with Crippen molar-refractivity contribution in [3.05, 3.63) is 29.6 Å². The van der Waals surface area contributed by atoms with Gasteiger partial charge in [-0.05, 0) is 32.1 Å². The molecule has 1 atom stereocenters. The van der Waals surface area contributed by atoms with Crippen molar-refractivity contribution in [2.75, 3.05) is 20.1 Å². The van der Waals surface area contributed by atoms with Crippen molar-refractivity contribution in [1.29, 1.82) is 0 Å². The van der Waals surface area contributed by atoms with Crippen LogP contribution in [0.4, 0.5) is 0 Å². The van der Waals surface area contributed by atoms with Crippen LogP contribution in [0.15, 0.2) is 18.3 Å². The lowest BCUT2D eigenvalue weighted by Gasteiger charge is -2.12. The van der Waals surface area contributed by atoms with Gasteiger partial charge in [-0.3, -0.25) is 9.78 Å². The van der Waals surface area contributed by atoms with Gasteiger partial charge in [-0.1, -0.05) is 12.2 Å². The van der Waals surface area contributed by atoms with Gasteiger partial charge in [0.05, 0.1) is 0 Å². The lowest BCUT2D eigenvalue weighted by molar-refractivity contribution is 0.0933. The van der Waals surface area contributed by atoms with Gasteiger partial charge in [0.15, 0.2) is 0 Å². The van der Waals surface area contributed by atoms with E-state index in [9.17, 15) is 4.79 Å². The topological polar surface area (TPSA) is 71.2 Å². The summed E-state index contributed by atoms with van der Waals surface area (Å²) in [5, 5.41) is 2.97. The first-order valence-corrected chi connectivity index (χ1v) is 6.22. The summed E-state index contributed by atoms with van der Waals surface area (Å²) in [6.45, 7) is 1.90. The monoisotopic (exact) mass is 264 g/mol. The van der Waals surface area contributed by atoms with Gasteiger partial charge in [0.1, 0.15) is 10.7 Å². The van der Waals surface area contributed by atoms with Crippen LogP contribution in [0.1, 0.15) is 22.5 Å². The highest BCUT2D eigenvalue weighted by Gasteiger charge is 2.21. The summed E-state index contributed by atoms with van der Waals surface area (Å²) in [6.07, 6.45) is 2.51. The van der Waals surface area contributed by atoms with Crippen LogP contribution in [0.3, 0.4) is 0 Å². The highest BCUT2D eigenvalue weighted by molar-refractivity contribution is 7.80. The Hall–Kier alpha value is -1.53. The molecule has 1 amide bonds. The minimum absolute atomic E-state index is 0.148. The normalized spacial score (nSPS) is 19.7. The molecule has 6 heteroatoms. The number of nitrogens with zero attached hydrogens (tertiary/aromatic N) is 2. The van der Waals surface area contributed by atoms with Crippen LogP contribution < -0.4 is 11.1 Å². The lowest BCUT2D eigenvalue weighted by Crippen LogP contribution is -2.36. The average Bonchev–Trinajstić information content (AvgIpc) is 2.75. The number of carbonyl (C=O) groups excluding carboxylic acids is 1. The number of amides is 1. The van der Waals surface area contributed by atoms with E-state index in [0.717, 1.165) is 19.5 Å². The molecule has 2 rings (SSSR count). The maximum atomic E-state index is 11.9. The quantitative estimate of drug-likeness (QED) is 0.760. The lowest BCUT2D eigenvalue weighted by atomic mass is 10.2. The Morgan fingerprint density at radius 1 is 1.61 bits per heavy atom. The second-order valence-electron chi connectivity index (χ2n) is 4.52. The number of thiocarbonyl (C=S) groups is 1. The molecular weight excluding hydrogens is 248 g/mol. The molecule has 0 bridgehead atoms. The molecule has 0 saturated carbocycles. The fraction of sp³-hybridized carbons (Fsp3) is 0.417. The standard InChI is InChI=1S/C12H16N4OS/c1-16-5-4-9(7-16)15-12(17)10-3-2-8(6-14-10)11(13)18/h2-3,6,9H,4-5,7H2,1H3,(H2,13,18)(H,15,17). The number of aromatic nitrogens is 1. The molecule has 0 aromatic carbocycles. The average molecular weight is 264 g/mol. The number of pyridine rings is 1. The molecule has 1 aromatic rings. The summed E-state index contributed by atoms with van der Waals surface area (Å²) in [5.41, 5.74) is 6.53. The van der Waals surface area contributed by atoms with Crippen molar-refractivity contribution in [3.8, 4) is 0 Å². The number of likely N-dealkylation sites (tertiary alicyclic amines) is 1. The van der Waals surface area contributed by atoms with Gasteiger partial charge in [0, 0.05) is 24.3 Å². The van der Waals surface area contributed by atoms with Gasteiger partial charge in [-0.15, -0.1) is 0 Å². The highest BCUT2D eigenvalue weighted by atomic mass is 32.1. The molecule has 1 saturated heterocycles. The third-order valence-corrected chi connectivity index (χ3v) is 3.24. The number of hydrogen-bond acceptors (Lipinski definition) is 4. The fourth-order valence-electron chi connectivity index (χ4n) is 1.99. The minimum Gasteiger partial charge on any atom is -0.389 e. The molecule has 1 aliphatic heterocycles. The number of nitrogens with one attached hydrogen (secondary N) is 1. The van der Waals surface area contributed by atoms with Crippen LogP contribution in [-0.2, 0) is 0 Å². The largest absolute Gasteiger partial charge is 0.389 e. The maximum absolute atomic E-state index is 11.9. The second-order valence-corrected chi connectivity index (χ2v) is 4.96. The third-order valence-electron chi connectivity index (χ3n) is 3.01. The summed E-state index contributed by atoms with van der Waals surface area (Å²) in [7, 11) is 2.04. The van der Waals surface area contributed by atoms with E-state index in [2.05, 4.69) is 15.2 Å². The molecule has 1 aliphatic rings.